The van der Waals surface area contributed by atoms with E-state index in [4.69, 9.17) is 19.9 Å². The Labute approximate surface area is 110 Å². The van der Waals surface area contributed by atoms with Gasteiger partial charge in [0.1, 0.15) is 24.4 Å². The number of hydrogen-bond acceptors (Lipinski definition) is 6. The van der Waals surface area contributed by atoms with E-state index in [-0.39, 0.29) is 25.0 Å². The summed E-state index contributed by atoms with van der Waals surface area (Å²) >= 11 is 0. The fourth-order valence-electron chi connectivity index (χ4n) is 2.15. The van der Waals surface area contributed by atoms with E-state index in [0.29, 0.717) is 6.61 Å². The summed E-state index contributed by atoms with van der Waals surface area (Å²) in [5.41, 5.74) is 5.01. The molecule has 5 atom stereocenters. The molecule has 2 heterocycles. The van der Waals surface area contributed by atoms with E-state index in [9.17, 15) is 14.7 Å². The maximum atomic E-state index is 11.1. The second-order valence-corrected chi connectivity index (χ2v) is 4.64. The predicted octanol–water partition coefficient (Wildman–Crippen LogP) is -2.13. The largest absolute Gasteiger partial charge is 0.388 e. The van der Waals surface area contributed by atoms with Crippen LogP contribution in [0.3, 0.4) is 0 Å². The highest BCUT2D eigenvalue weighted by atomic mass is 16.7. The monoisotopic (exact) mass is 274 g/mol. The van der Waals surface area contributed by atoms with Crippen LogP contribution in [-0.2, 0) is 23.8 Å². The Kier molecular flexibility index (Phi) is 4.35. The van der Waals surface area contributed by atoms with Crippen LogP contribution in [-0.4, -0.2) is 60.8 Å². The van der Waals surface area contributed by atoms with Gasteiger partial charge in [0.2, 0.25) is 11.8 Å². The average Bonchev–Trinajstić information content (AvgIpc) is 2.26. The van der Waals surface area contributed by atoms with Crippen molar-refractivity contribution in [2.45, 2.75) is 44.0 Å². The number of carbonyl (C=O) groups is 2. The summed E-state index contributed by atoms with van der Waals surface area (Å²) in [4.78, 5) is 21.8. The molecule has 0 bridgehead atoms. The van der Waals surface area contributed by atoms with Crippen molar-refractivity contribution in [2.24, 2.45) is 5.73 Å². The molecule has 2 fully saturated rings. The molecule has 4 N–H and O–H groups in total. The van der Waals surface area contributed by atoms with Crippen LogP contribution in [0.2, 0.25) is 0 Å². The molecule has 0 aromatic heterocycles. The molecule has 0 aromatic carbocycles. The van der Waals surface area contributed by atoms with Gasteiger partial charge in [-0.3, -0.25) is 9.59 Å². The molecule has 2 saturated heterocycles. The zero-order chi connectivity index (χ0) is 14.0. The quantitative estimate of drug-likeness (QED) is 0.526. The SMILES string of the molecule is CC(=O)N[C@H]1C(O)[C@H]2OCC2O[C@H]1OCCC(N)=O. The first kappa shape index (κ1) is 14.2. The standard InChI is InChI=1S/C11H18N2O6/c1-5(14)13-8-9(16)10-6(4-18-10)19-11(8)17-3-2-7(12)15/h6,8-11,16H,2-4H2,1H3,(H2,12,15)(H,13,14)/t6?,8-,9?,10-,11+/m0/s1. The lowest BCUT2D eigenvalue weighted by molar-refractivity contribution is -0.326. The van der Waals surface area contributed by atoms with Crippen LogP contribution in [0.4, 0.5) is 0 Å². The molecule has 2 aliphatic rings. The van der Waals surface area contributed by atoms with Crippen molar-refractivity contribution >= 4 is 11.8 Å². The molecule has 0 spiro atoms. The average molecular weight is 274 g/mol. The van der Waals surface area contributed by atoms with Crippen LogP contribution in [0.15, 0.2) is 0 Å². The van der Waals surface area contributed by atoms with E-state index in [1.165, 1.54) is 6.92 Å². The second kappa shape index (κ2) is 5.83. The van der Waals surface area contributed by atoms with Crippen LogP contribution >= 0.6 is 0 Å². The van der Waals surface area contributed by atoms with Gasteiger partial charge in [-0.15, -0.1) is 0 Å². The van der Waals surface area contributed by atoms with Crippen molar-refractivity contribution < 1.29 is 28.9 Å². The highest BCUT2D eigenvalue weighted by Crippen LogP contribution is 2.30. The van der Waals surface area contributed by atoms with E-state index < -0.39 is 30.4 Å². The molecule has 8 heteroatoms. The summed E-state index contributed by atoms with van der Waals surface area (Å²) in [5, 5.41) is 12.7. The molecular formula is C11H18N2O6. The number of amides is 2. The van der Waals surface area contributed by atoms with Crippen molar-refractivity contribution in [3.63, 3.8) is 0 Å². The van der Waals surface area contributed by atoms with E-state index in [1.54, 1.807) is 0 Å². The minimum Gasteiger partial charge on any atom is -0.388 e. The summed E-state index contributed by atoms with van der Waals surface area (Å²) in [6.45, 7) is 1.78. The molecule has 0 radical (unpaired) electrons. The number of nitrogens with two attached hydrogens (primary N) is 1. The number of carbonyl (C=O) groups excluding carboxylic acids is 2. The van der Waals surface area contributed by atoms with Crippen LogP contribution in [0.25, 0.3) is 0 Å². The van der Waals surface area contributed by atoms with Crippen LogP contribution in [0, 0.1) is 0 Å². The topological polar surface area (TPSA) is 120 Å². The summed E-state index contributed by atoms with van der Waals surface area (Å²) in [5.74, 6) is -0.800. The lowest BCUT2D eigenvalue weighted by Gasteiger charge is -2.49. The number of hydrogen-bond donors (Lipinski definition) is 3. The molecule has 19 heavy (non-hydrogen) atoms. The number of aliphatic hydroxyl groups is 1. The van der Waals surface area contributed by atoms with Gasteiger partial charge in [-0.2, -0.15) is 0 Å². The summed E-state index contributed by atoms with van der Waals surface area (Å²) < 4.78 is 16.1. The van der Waals surface area contributed by atoms with E-state index in [2.05, 4.69) is 5.32 Å². The Morgan fingerprint density at radius 1 is 1.53 bits per heavy atom. The Morgan fingerprint density at radius 2 is 2.26 bits per heavy atom. The van der Waals surface area contributed by atoms with Crippen molar-refractivity contribution in [1.29, 1.82) is 0 Å². The van der Waals surface area contributed by atoms with Gasteiger partial charge in [-0.05, 0) is 0 Å². The van der Waals surface area contributed by atoms with Gasteiger partial charge in [0, 0.05) is 13.3 Å². The fourth-order valence-corrected chi connectivity index (χ4v) is 2.15. The highest BCUT2D eigenvalue weighted by molar-refractivity contribution is 5.74. The summed E-state index contributed by atoms with van der Waals surface area (Å²) in [6, 6.07) is -0.730. The first-order chi connectivity index (χ1) is 8.99. The number of rotatable bonds is 5. The lowest BCUT2D eigenvalue weighted by atomic mass is 9.93. The lowest BCUT2D eigenvalue weighted by Crippen LogP contribution is -2.69. The van der Waals surface area contributed by atoms with Gasteiger partial charge in [0.05, 0.1) is 13.2 Å². The van der Waals surface area contributed by atoms with E-state index in [1.807, 2.05) is 0 Å². The normalized spacial score (nSPS) is 37.1. The number of fused-ring (bicyclic) bond motifs is 1. The zero-order valence-electron chi connectivity index (χ0n) is 10.6. The van der Waals surface area contributed by atoms with Gasteiger partial charge in [-0.1, -0.05) is 0 Å². The highest BCUT2D eigenvalue weighted by Gasteiger charge is 2.51. The summed E-state index contributed by atoms with van der Waals surface area (Å²) in [7, 11) is 0. The van der Waals surface area contributed by atoms with E-state index >= 15 is 0 Å². The molecule has 2 aliphatic heterocycles. The van der Waals surface area contributed by atoms with Gasteiger partial charge < -0.3 is 30.4 Å². The number of primary amides is 1. The third kappa shape index (κ3) is 3.21. The molecule has 0 aliphatic carbocycles. The molecule has 2 amide bonds. The molecule has 108 valence electrons. The maximum absolute atomic E-state index is 11.1. The van der Waals surface area contributed by atoms with Gasteiger partial charge in [0.15, 0.2) is 6.29 Å². The molecule has 2 rings (SSSR count). The van der Waals surface area contributed by atoms with Crippen LogP contribution in [0.5, 0.6) is 0 Å². The van der Waals surface area contributed by atoms with Crippen LogP contribution < -0.4 is 11.1 Å². The third-order valence-electron chi connectivity index (χ3n) is 3.13. The first-order valence-corrected chi connectivity index (χ1v) is 6.11. The van der Waals surface area contributed by atoms with Gasteiger partial charge in [-0.25, -0.2) is 0 Å². The van der Waals surface area contributed by atoms with Crippen molar-refractivity contribution in [2.75, 3.05) is 13.2 Å². The van der Waals surface area contributed by atoms with Crippen molar-refractivity contribution in [1.82, 2.24) is 5.32 Å². The predicted molar refractivity (Wildman–Crippen MR) is 61.8 cm³/mol. The van der Waals surface area contributed by atoms with Crippen LogP contribution in [0.1, 0.15) is 13.3 Å². The smallest absolute Gasteiger partial charge is 0.219 e. The van der Waals surface area contributed by atoms with E-state index in [0.717, 1.165) is 0 Å². The molecular weight excluding hydrogens is 256 g/mol. The minimum absolute atomic E-state index is 0.0490. The van der Waals surface area contributed by atoms with Crippen molar-refractivity contribution in [3.8, 4) is 0 Å². The zero-order valence-corrected chi connectivity index (χ0v) is 10.6. The maximum Gasteiger partial charge on any atom is 0.219 e. The van der Waals surface area contributed by atoms with Crippen molar-refractivity contribution in [3.05, 3.63) is 0 Å². The second-order valence-electron chi connectivity index (χ2n) is 4.64. The van der Waals surface area contributed by atoms with Gasteiger partial charge in [0.25, 0.3) is 0 Å². The third-order valence-corrected chi connectivity index (χ3v) is 3.13. The molecule has 2 unspecified atom stereocenters. The molecule has 8 nitrogen and oxygen atoms in total. The number of ether oxygens (including phenoxy) is 3. The Hall–Kier alpha value is -1.22. The summed E-state index contributed by atoms with van der Waals surface area (Å²) in [6.07, 6.45) is -2.38. The Morgan fingerprint density at radius 3 is 2.79 bits per heavy atom. The number of nitrogens with one attached hydrogen (secondary N) is 1. The van der Waals surface area contributed by atoms with Gasteiger partial charge >= 0.3 is 0 Å². The molecule has 0 aromatic rings. The minimum atomic E-state index is -0.907. The molecule has 0 saturated carbocycles. The fraction of sp³-hybridized carbons (Fsp3) is 0.818. The Balaban J connectivity index is 1.95. The Bertz CT molecular complexity index is 363. The number of aliphatic hydroxyl groups excluding tert-OH is 1. The first-order valence-electron chi connectivity index (χ1n) is 6.11.